The smallest absolute Gasteiger partial charge is 0.388 e. The van der Waals surface area contributed by atoms with Gasteiger partial charge in [0.1, 0.15) is 0 Å². The number of benzene rings is 1. The number of anilines is 1. The molecular formula is C11H15NO4. The minimum atomic E-state index is -0.774. The Morgan fingerprint density at radius 2 is 1.88 bits per heavy atom. The summed E-state index contributed by atoms with van der Waals surface area (Å²) in [5.74, 6) is 0. The van der Waals surface area contributed by atoms with Crippen LogP contribution in [0.2, 0.25) is 0 Å². The monoisotopic (exact) mass is 225 g/mol. The van der Waals surface area contributed by atoms with Crippen LogP contribution in [0.4, 0.5) is 10.5 Å². The molecule has 0 unspecified atom stereocenters. The number of hydrogen-bond donors (Lipinski definition) is 1. The minimum absolute atomic E-state index is 0.0909. The van der Waals surface area contributed by atoms with Crippen LogP contribution in [0.3, 0.4) is 0 Å². The topological polar surface area (TPSA) is 64.6 Å². The molecule has 0 aliphatic carbocycles. The molecule has 0 radical (unpaired) electrons. The van der Waals surface area contributed by atoms with Crippen LogP contribution in [0.25, 0.3) is 0 Å². The van der Waals surface area contributed by atoms with Crippen molar-refractivity contribution in [2.45, 2.75) is 6.92 Å². The Balaban J connectivity index is 0.000000673. The first-order valence-electron chi connectivity index (χ1n) is 4.52. The van der Waals surface area contributed by atoms with E-state index in [0.717, 1.165) is 5.56 Å². The molecule has 1 aromatic rings. The summed E-state index contributed by atoms with van der Waals surface area (Å²) in [4.78, 5) is 20.6. The van der Waals surface area contributed by atoms with E-state index in [1.807, 2.05) is 19.1 Å². The summed E-state index contributed by atoms with van der Waals surface area (Å²) in [5.41, 5.74) is 1.54. The molecule has 88 valence electrons. The molecule has 0 aliphatic rings. The number of carbonyl (C=O) groups is 2. The summed E-state index contributed by atoms with van der Waals surface area (Å²) in [6, 6.07) is 7.20. The zero-order chi connectivity index (χ0) is 12.4. The van der Waals surface area contributed by atoms with Crippen molar-refractivity contribution < 1.29 is 19.1 Å². The fourth-order valence-corrected chi connectivity index (χ4v) is 0.896. The predicted octanol–water partition coefficient (Wildman–Crippen LogP) is 1.96. The summed E-state index contributed by atoms with van der Waals surface area (Å²) >= 11 is 0. The van der Waals surface area contributed by atoms with Gasteiger partial charge in [-0.3, -0.25) is 10.1 Å². The van der Waals surface area contributed by atoms with Gasteiger partial charge in [-0.2, -0.15) is 0 Å². The molecule has 0 aliphatic heterocycles. The third kappa shape index (κ3) is 5.77. The average Bonchev–Trinajstić information content (AvgIpc) is 2.23. The number of methoxy groups -OCH3 is 1. The van der Waals surface area contributed by atoms with E-state index < -0.39 is 6.09 Å². The van der Waals surface area contributed by atoms with Crippen LogP contribution in [0, 0.1) is 6.92 Å². The molecule has 16 heavy (non-hydrogen) atoms. The lowest BCUT2D eigenvalue weighted by Gasteiger charge is -2.04. The van der Waals surface area contributed by atoms with E-state index in [2.05, 4.69) is 14.8 Å². The normalized spacial score (nSPS) is 8.44. The van der Waals surface area contributed by atoms with Crippen molar-refractivity contribution in [1.82, 2.24) is 0 Å². The summed E-state index contributed by atoms with van der Waals surface area (Å²) < 4.78 is 8.32. The molecule has 0 saturated heterocycles. The predicted molar refractivity (Wildman–Crippen MR) is 60.3 cm³/mol. The van der Waals surface area contributed by atoms with Crippen molar-refractivity contribution in [3.63, 3.8) is 0 Å². The second-order valence-electron chi connectivity index (χ2n) is 2.85. The number of rotatable bonds is 2. The number of para-hydroxylation sites is 1. The second kappa shape index (κ2) is 8.43. The highest BCUT2D eigenvalue weighted by Crippen LogP contribution is 2.12. The van der Waals surface area contributed by atoms with E-state index in [-0.39, 0.29) is 6.47 Å². The maximum Gasteiger partial charge on any atom is 0.419 e. The molecule has 0 aromatic heterocycles. The van der Waals surface area contributed by atoms with E-state index in [4.69, 9.17) is 0 Å². The minimum Gasteiger partial charge on any atom is -0.388 e. The van der Waals surface area contributed by atoms with Gasteiger partial charge < -0.3 is 9.47 Å². The number of ether oxygens (including phenoxy) is 2. The molecular weight excluding hydrogens is 210 g/mol. The molecule has 5 nitrogen and oxygen atoms in total. The summed E-state index contributed by atoms with van der Waals surface area (Å²) in [7, 11) is 3.25. The van der Waals surface area contributed by atoms with Gasteiger partial charge in [0, 0.05) is 19.9 Å². The van der Waals surface area contributed by atoms with Crippen molar-refractivity contribution in [3.8, 4) is 0 Å². The maximum atomic E-state index is 10.8. The Morgan fingerprint density at radius 1 is 1.31 bits per heavy atom. The van der Waals surface area contributed by atoms with Gasteiger partial charge in [-0.1, -0.05) is 18.2 Å². The Morgan fingerprint density at radius 3 is 2.38 bits per heavy atom. The third-order valence-electron chi connectivity index (χ3n) is 1.54. The van der Waals surface area contributed by atoms with E-state index in [0.29, 0.717) is 5.69 Å². The standard InChI is InChI=1S/C9H9NO3.C2H6O/c1-7-4-2-3-5-8(7)10-9(12)13-6-11;1-3-2/h2-6H,1H3,(H,10,12);1-2H3. The van der Waals surface area contributed by atoms with Gasteiger partial charge in [-0.25, -0.2) is 4.79 Å². The van der Waals surface area contributed by atoms with Gasteiger partial charge in [0.05, 0.1) is 0 Å². The summed E-state index contributed by atoms with van der Waals surface area (Å²) in [6.07, 6.45) is -0.774. The lowest BCUT2D eigenvalue weighted by molar-refractivity contribution is -0.122. The number of nitrogens with one attached hydrogen (secondary N) is 1. The molecule has 5 heteroatoms. The number of hydrogen-bond acceptors (Lipinski definition) is 4. The van der Waals surface area contributed by atoms with Crippen LogP contribution in [0.5, 0.6) is 0 Å². The number of aryl methyl sites for hydroxylation is 1. The highest BCUT2D eigenvalue weighted by Gasteiger charge is 2.03. The average molecular weight is 225 g/mol. The van der Waals surface area contributed by atoms with Crippen LogP contribution in [0.1, 0.15) is 5.56 Å². The molecule has 0 bridgehead atoms. The van der Waals surface area contributed by atoms with Gasteiger partial charge in [-0.05, 0) is 18.6 Å². The molecule has 1 N–H and O–H groups in total. The second-order valence-corrected chi connectivity index (χ2v) is 2.85. The van der Waals surface area contributed by atoms with Crippen LogP contribution < -0.4 is 5.32 Å². The molecule has 0 fully saturated rings. The molecule has 1 amide bonds. The van der Waals surface area contributed by atoms with Crippen LogP contribution >= 0.6 is 0 Å². The van der Waals surface area contributed by atoms with Crippen molar-refractivity contribution in [2.75, 3.05) is 19.5 Å². The molecule has 0 saturated carbocycles. The quantitative estimate of drug-likeness (QED) is 0.617. The first kappa shape index (κ1) is 14.1. The highest BCUT2D eigenvalue weighted by molar-refractivity contribution is 5.89. The Hall–Kier alpha value is -1.88. The van der Waals surface area contributed by atoms with Crippen molar-refractivity contribution in [2.24, 2.45) is 0 Å². The zero-order valence-corrected chi connectivity index (χ0v) is 9.52. The van der Waals surface area contributed by atoms with Crippen LogP contribution in [0.15, 0.2) is 24.3 Å². The summed E-state index contributed by atoms with van der Waals surface area (Å²) in [5, 5.41) is 2.42. The largest absolute Gasteiger partial charge is 0.419 e. The maximum absolute atomic E-state index is 10.8. The Labute approximate surface area is 94.4 Å². The molecule has 0 atom stereocenters. The lowest BCUT2D eigenvalue weighted by Crippen LogP contribution is -2.13. The van der Waals surface area contributed by atoms with E-state index in [9.17, 15) is 9.59 Å². The lowest BCUT2D eigenvalue weighted by atomic mass is 10.2. The summed E-state index contributed by atoms with van der Waals surface area (Å²) in [6.45, 7) is 1.93. The van der Waals surface area contributed by atoms with E-state index >= 15 is 0 Å². The SMILES string of the molecule is COC.Cc1ccccc1NC(=O)OC=O. The van der Waals surface area contributed by atoms with Crippen LogP contribution in [-0.4, -0.2) is 26.8 Å². The van der Waals surface area contributed by atoms with Crippen molar-refractivity contribution in [1.29, 1.82) is 0 Å². The highest BCUT2D eigenvalue weighted by atomic mass is 16.6. The van der Waals surface area contributed by atoms with Crippen LogP contribution in [-0.2, 0) is 14.3 Å². The van der Waals surface area contributed by atoms with Gasteiger partial charge in [-0.15, -0.1) is 0 Å². The van der Waals surface area contributed by atoms with Gasteiger partial charge in [0.25, 0.3) is 0 Å². The number of carbonyl (C=O) groups excluding carboxylic acids is 2. The molecule has 1 aromatic carbocycles. The molecule has 1 rings (SSSR count). The number of amides is 1. The fourth-order valence-electron chi connectivity index (χ4n) is 0.896. The van der Waals surface area contributed by atoms with Gasteiger partial charge in [0.2, 0.25) is 0 Å². The third-order valence-corrected chi connectivity index (χ3v) is 1.54. The van der Waals surface area contributed by atoms with E-state index in [1.165, 1.54) is 0 Å². The molecule has 0 heterocycles. The Bertz CT molecular complexity index is 339. The van der Waals surface area contributed by atoms with Crippen molar-refractivity contribution in [3.05, 3.63) is 29.8 Å². The van der Waals surface area contributed by atoms with Crippen molar-refractivity contribution >= 4 is 18.3 Å². The fraction of sp³-hybridized carbons (Fsp3) is 0.273. The Kier molecular flexibility index (Phi) is 7.44. The van der Waals surface area contributed by atoms with E-state index in [1.54, 1.807) is 26.4 Å². The molecule has 0 spiro atoms. The van der Waals surface area contributed by atoms with Gasteiger partial charge >= 0.3 is 12.6 Å². The first-order chi connectivity index (χ1) is 7.65. The zero-order valence-electron chi connectivity index (χ0n) is 9.52. The van der Waals surface area contributed by atoms with Gasteiger partial charge in [0.15, 0.2) is 0 Å². The first-order valence-corrected chi connectivity index (χ1v) is 4.52.